The average Bonchev–Trinajstić information content (AvgIpc) is 3.08. The number of amides is 1. The molecule has 2 aromatic carbocycles. The standard InChI is InChI=1S/C26H34N2O4/c1-6-30-23-14-18(15-24(31-7-2)25(23)32-8-3)26(29)28-21-10-9-17(4)13-19(21)20-16-27(5)12-11-22(20)28/h9-10,13-15,20,22H,6-8,11-12,16H2,1-5H3/t20-,22-/m1/s1. The second kappa shape index (κ2) is 9.41. The maximum absolute atomic E-state index is 14.0. The number of anilines is 1. The van der Waals surface area contributed by atoms with E-state index in [4.69, 9.17) is 14.2 Å². The summed E-state index contributed by atoms with van der Waals surface area (Å²) in [6.45, 7) is 11.3. The lowest BCUT2D eigenvalue weighted by molar-refractivity contribution is 0.0963. The van der Waals surface area contributed by atoms with Crippen molar-refractivity contribution in [1.29, 1.82) is 0 Å². The van der Waals surface area contributed by atoms with Gasteiger partial charge in [0, 0.05) is 29.8 Å². The number of hydrogen-bond donors (Lipinski definition) is 0. The molecule has 0 saturated carbocycles. The van der Waals surface area contributed by atoms with Gasteiger partial charge in [-0.05, 0) is 71.5 Å². The van der Waals surface area contributed by atoms with Crippen molar-refractivity contribution in [2.45, 2.75) is 46.1 Å². The zero-order valence-electron chi connectivity index (χ0n) is 19.8. The first kappa shape index (κ1) is 22.5. The van der Waals surface area contributed by atoms with Gasteiger partial charge in [-0.3, -0.25) is 4.79 Å². The Balaban J connectivity index is 1.78. The number of hydrogen-bond acceptors (Lipinski definition) is 5. The van der Waals surface area contributed by atoms with Gasteiger partial charge in [0.15, 0.2) is 11.5 Å². The number of carbonyl (C=O) groups excluding carboxylic acids is 1. The van der Waals surface area contributed by atoms with Gasteiger partial charge in [-0.15, -0.1) is 0 Å². The molecule has 172 valence electrons. The van der Waals surface area contributed by atoms with E-state index in [1.807, 2.05) is 25.7 Å². The molecule has 2 aliphatic heterocycles. The zero-order chi connectivity index (χ0) is 22.8. The molecule has 32 heavy (non-hydrogen) atoms. The van der Waals surface area contributed by atoms with Crippen LogP contribution >= 0.6 is 0 Å². The number of rotatable bonds is 7. The van der Waals surface area contributed by atoms with E-state index >= 15 is 0 Å². The monoisotopic (exact) mass is 438 g/mol. The van der Waals surface area contributed by atoms with E-state index in [0.29, 0.717) is 48.6 Å². The van der Waals surface area contributed by atoms with E-state index in [2.05, 4.69) is 37.1 Å². The summed E-state index contributed by atoms with van der Waals surface area (Å²) in [6.07, 6.45) is 0.953. The Morgan fingerprint density at radius 2 is 1.66 bits per heavy atom. The molecule has 6 heteroatoms. The van der Waals surface area contributed by atoms with Gasteiger partial charge in [-0.2, -0.15) is 0 Å². The maximum Gasteiger partial charge on any atom is 0.258 e. The van der Waals surface area contributed by atoms with E-state index < -0.39 is 0 Å². The maximum atomic E-state index is 14.0. The minimum Gasteiger partial charge on any atom is -0.490 e. The Morgan fingerprint density at radius 1 is 1.00 bits per heavy atom. The van der Waals surface area contributed by atoms with Gasteiger partial charge in [-0.25, -0.2) is 0 Å². The largest absolute Gasteiger partial charge is 0.490 e. The molecule has 0 spiro atoms. The van der Waals surface area contributed by atoms with E-state index in [0.717, 1.165) is 25.2 Å². The van der Waals surface area contributed by atoms with Crippen LogP contribution in [0.3, 0.4) is 0 Å². The SMILES string of the molecule is CCOc1cc(C(=O)N2c3ccc(C)cc3[C@H]3CN(C)CC[C@H]32)cc(OCC)c1OCC. The molecule has 1 amide bonds. The molecule has 0 radical (unpaired) electrons. The molecule has 2 aliphatic rings. The molecule has 0 unspecified atom stereocenters. The molecule has 1 saturated heterocycles. The first-order valence-electron chi connectivity index (χ1n) is 11.7. The lowest BCUT2D eigenvalue weighted by Gasteiger charge is -2.36. The zero-order valence-corrected chi connectivity index (χ0v) is 19.8. The van der Waals surface area contributed by atoms with E-state index in [9.17, 15) is 4.79 Å². The Hall–Kier alpha value is -2.73. The summed E-state index contributed by atoms with van der Waals surface area (Å²) < 4.78 is 17.5. The first-order valence-corrected chi connectivity index (χ1v) is 11.7. The fraction of sp³-hybridized carbons (Fsp3) is 0.500. The van der Waals surface area contributed by atoms with Gasteiger partial charge >= 0.3 is 0 Å². The summed E-state index contributed by atoms with van der Waals surface area (Å²) in [6, 6.07) is 10.2. The van der Waals surface area contributed by atoms with Gasteiger partial charge in [0.25, 0.3) is 5.91 Å². The predicted octanol–water partition coefficient (Wildman–Crippen LogP) is 4.64. The number of ether oxygens (including phenoxy) is 3. The normalized spacial score (nSPS) is 20.0. The fourth-order valence-corrected chi connectivity index (χ4v) is 5.00. The molecule has 0 aliphatic carbocycles. The van der Waals surface area contributed by atoms with Crippen molar-refractivity contribution in [3.05, 3.63) is 47.0 Å². The van der Waals surface area contributed by atoms with E-state index in [1.54, 1.807) is 12.1 Å². The summed E-state index contributed by atoms with van der Waals surface area (Å²) in [5.74, 6) is 1.96. The van der Waals surface area contributed by atoms with E-state index in [1.165, 1.54) is 11.1 Å². The number of piperidine rings is 1. The minimum atomic E-state index is -0.0166. The van der Waals surface area contributed by atoms with Gasteiger partial charge in [0.1, 0.15) is 0 Å². The minimum absolute atomic E-state index is 0.0166. The number of likely N-dealkylation sites (N-methyl/N-ethyl adjacent to an activating group) is 1. The van der Waals surface area contributed by atoms with Gasteiger partial charge in [-0.1, -0.05) is 17.7 Å². The number of aryl methyl sites for hydroxylation is 1. The van der Waals surface area contributed by atoms with Gasteiger partial charge in [0.2, 0.25) is 5.75 Å². The van der Waals surface area contributed by atoms with Gasteiger partial charge in [0.05, 0.1) is 19.8 Å². The Labute approximate surface area is 191 Å². The topological polar surface area (TPSA) is 51.2 Å². The number of benzene rings is 2. The smallest absolute Gasteiger partial charge is 0.258 e. The van der Waals surface area contributed by atoms with Crippen molar-refractivity contribution in [1.82, 2.24) is 4.90 Å². The van der Waals surface area contributed by atoms with Crippen molar-refractivity contribution in [2.75, 3.05) is 44.9 Å². The van der Waals surface area contributed by atoms with Gasteiger partial charge < -0.3 is 24.0 Å². The highest BCUT2D eigenvalue weighted by molar-refractivity contribution is 6.08. The number of fused-ring (bicyclic) bond motifs is 3. The predicted molar refractivity (Wildman–Crippen MR) is 127 cm³/mol. The molecular weight excluding hydrogens is 404 g/mol. The quantitative estimate of drug-likeness (QED) is 0.630. The van der Waals surface area contributed by atoms with Crippen LogP contribution in [0.1, 0.15) is 54.6 Å². The highest BCUT2D eigenvalue weighted by atomic mass is 16.5. The molecule has 4 rings (SSSR count). The number of nitrogens with zero attached hydrogens (tertiary/aromatic N) is 2. The van der Waals surface area contributed by atoms with Crippen LogP contribution in [0.2, 0.25) is 0 Å². The summed E-state index contributed by atoms with van der Waals surface area (Å²) in [5.41, 5.74) is 4.08. The fourth-order valence-electron chi connectivity index (χ4n) is 5.00. The van der Waals surface area contributed by atoms with Crippen LogP contribution in [0.4, 0.5) is 5.69 Å². The third-order valence-electron chi connectivity index (χ3n) is 6.33. The Bertz CT molecular complexity index is 963. The summed E-state index contributed by atoms with van der Waals surface area (Å²) in [4.78, 5) is 18.3. The number of likely N-dealkylation sites (tertiary alicyclic amines) is 1. The third-order valence-corrected chi connectivity index (χ3v) is 6.33. The Kier molecular flexibility index (Phi) is 6.60. The van der Waals surface area contributed by atoms with Crippen LogP contribution in [0.25, 0.3) is 0 Å². The van der Waals surface area contributed by atoms with Crippen molar-refractivity contribution in [3.63, 3.8) is 0 Å². The molecule has 0 N–H and O–H groups in total. The molecule has 0 bridgehead atoms. The lowest BCUT2D eigenvalue weighted by Crippen LogP contribution is -2.47. The second-order valence-corrected chi connectivity index (χ2v) is 8.56. The molecule has 6 nitrogen and oxygen atoms in total. The molecule has 0 aromatic heterocycles. The molecule has 1 fully saturated rings. The Morgan fingerprint density at radius 3 is 2.28 bits per heavy atom. The van der Waals surface area contributed by atoms with Crippen LogP contribution in [0, 0.1) is 6.92 Å². The van der Waals surface area contributed by atoms with Crippen LogP contribution in [-0.2, 0) is 0 Å². The summed E-state index contributed by atoms with van der Waals surface area (Å²) in [7, 11) is 2.16. The molecule has 2 aromatic rings. The van der Waals surface area contributed by atoms with Crippen LogP contribution < -0.4 is 19.1 Å². The van der Waals surface area contributed by atoms with Crippen molar-refractivity contribution >= 4 is 11.6 Å². The van der Waals surface area contributed by atoms with Crippen LogP contribution in [0.15, 0.2) is 30.3 Å². The highest BCUT2D eigenvalue weighted by Gasteiger charge is 2.44. The molecule has 2 atom stereocenters. The van der Waals surface area contributed by atoms with Crippen LogP contribution in [-0.4, -0.2) is 56.8 Å². The molecule has 2 heterocycles. The number of carbonyl (C=O) groups is 1. The lowest BCUT2D eigenvalue weighted by atomic mass is 9.88. The molecular formula is C26H34N2O4. The first-order chi connectivity index (χ1) is 15.5. The average molecular weight is 439 g/mol. The second-order valence-electron chi connectivity index (χ2n) is 8.56. The third kappa shape index (κ3) is 4.04. The van der Waals surface area contributed by atoms with E-state index in [-0.39, 0.29) is 11.9 Å². The van der Waals surface area contributed by atoms with Crippen LogP contribution in [0.5, 0.6) is 17.2 Å². The van der Waals surface area contributed by atoms with Crippen molar-refractivity contribution in [3.8, 4) is 17.2 Å². The summed E-state index contributed by atoms with van der Waals surface area (Å²) >= 11 is 0. The summed E-state index contributed by atoms with van der Waals surface area (Å²) in [5, 5.41) is 0. The van der Waals surface area contributed by atoms with Crippen molar-refractivity contribution in [2.24, 2.45) is 0 Å². The van der Waals surface area contributed by atoms with Crippen molar-refractivity contribution < 1.29 is 19.0 Å². The highest BCUT2D eigenvalue weighted by Crippen LogP contribution is 2.46.